The second kappa shape index (κ2) is 14.5. The van der Waals surface area contributed by atoms with E-state index in [-0.39, 0.29) is 44.2 Å². The van der Waals surface area contributed by atoms with Crippen LogP contribution in [0.4, 0.5) is 10.1 Å². The molecule has 0 fully saturated rings. The lowest BCUT2D eigenvalue weighted by atomic mass is 10.0. The van der Waals surface area contributed by atoms with Crippen molar-refractivity contribution in [3.05, 3.63) is 95.8 Å². The maximum absolute atomic E-state index is 13.6. The summed E-state index contributed by atoms with van der Waals surface area (Å²) < 4.78 is 45.4. The monoisotopic (exact) mass is 569 g/mol. The van der Waals surface area contributed by atoms with E-state index < -0.39 is 21.9 Å². The first-order chi connectivity index (χ1) is 19.1. The third-order valence-electron chi connectivity index (χ3n) is 6.37. The lowest BCUT2D eigenvalue weighted by Gasteiger charge is -2.31. The number of nitrogens with one attached hydrogen (secondary N) is 1. The van der Waals surface area contributed by atoms with E-state index in [1.807, 2.05) is 37.3 Å². The van der Waals surface area contributed by atoms with Crippen molar-refractivity contribution in [3.63, 3.8) is 0 Å². The van der Waals surface area contributed by atoms with Crippen LogP contribution in [-0.2, 0) is 32.6 Å². The summed E-state index contributed by atoms with van der Waals surface area (Å²) in [5.74, 6) is -0.408. The average Bonchev–Trinajstić information content (AvgIpc) is 2.94. The number of benzene rings is 3. The Bertz CT molecular complexity index is 1350. The Morgan fingerprint density at radius 3 is 2.17 bits per heavy atom. The summed E-state index contributed by atoms with van der Waals surface area (Å²) >= 11 is 0. The molecule has 0 saturated heterocycles. The van der Waals surface area contributed by atoms with Gasteiger partial charge in [0.15, 0.2) is 0 Å². The van der Waals surface area contributed by atoms with Crippen molar-refractivity contribution in [2.45, 2.75) is 38.8 Å². The molecule has 3 rings (SSSR count). The molecule has 1 unspecified atom stereocenters. The maximum Gasteiger partial charge on any atom is 0.242 e. The molecule has 0 bridgehead atoms. The normalized spacial score (nSPS) is 11.9. The van der Waals surface area contributed by atoms with Crippen LogP contribution in [0, 0.1) is 5.82 Å². The number of carbonyl (C=O) groups is 2. The molecule has 3 aromatic carbocycles. The second-order valence-electron chi connectivity index (χ2n) is 9.33. The zero-order chi connectivity index (χ0) is 29.1. The van der Waals surface area contributed by atoms with Gasteiger partial charge in [0.2, 0.25) is 21.8 Å². The highest BCUT2D eigenvalue weighted by Crippen LogP contribution is 2.23. The van der Waals surface area contributed by atoms with Crippen LogP contribution in [0.2, 0.25) is 0 Å². The summed E-state index contributed by atoms with van der Waals surface area (Å²) in [5.41, 5.74) is 2.02. The van der Waals surface area contributed by atoms with E-state index in [9.17, 15) is 22.4 Å². The molecule has 40 heavy (non-hydrogen) atoms. The number of anilines is 1. The Balaban J connectivity index is 1.81. The van der Waals surface area contributed by atoms with Crippen molar-refractivity contribution in [2.24, 2.45) is 0 Å². The van der Waals surface area contributed by atoms with Crippen molar-refractivity contribution in [2.75, 3.05) is 30.8 Å². The lowest BCUT2D eigenvalue weighted by molar-refractivity contribution is -0.141. The zero-order valence-corrected chi connectivity index (χ0v) is 23.9. The van der Waals surface area contributed by atoms with Crippen LogP contribution in [0.15, 0.2) is 78.9 Å². The number of likely N-dealkylation sites (N-methyl/N-ethyl adjacent to an activating group) is 1. The lowest BCUT2D eigenvalue weighted by Crippen LogP contribution is -2.49. The predicted molar refractivity (Wildman–Crippen MR) is 154 cm³/mol. The van der Waals surface area contributed by atoms with E-state index in [1.165, 1.54) is 28.4 Å². The minimum atomic E-state index is -3.62. The van der Waals surface area contributed by atoms with Gasteiger partial charge >= 0.3 is 0 Å². The van der Waals surface area contributed by atoms with E-state index in [4.69, 9.17) is 4.74 Å². The first-order valence-electron chi connectivity index (χ1n) is 13.1. The molecule has 1 atom stereocenters. The molecule has 0 spiro atoms. The SMILES string of the molecule is CCOc1ccc(N(CCCC(=O)N(Cc2ccc(F)cc2)C(Cc2ccccc2)C(=O)NC)S(C)(=O)=O)cc1. The van der Waals surface area contributed by atoms with E-state index in [0.717, 1.165) is 11.8 Å². The number of carbonyl (C=O) groups excluding carboxylic acids is 2. The van der Waals surface area contributed by atoms with Crippen molar-refractivity contribution in [3.8, 4) is 5.75 Å². The van der Waals surface area contributed by atoms with Gasteiger partial charge < -0.3 is 15.0 Å². The number of nitrogens with zero attached hydrogens (tertiary/aromatic N) is 2. The highest BCUT2D eigenvalue weighted by atomic mass is 32.2. The third kappa shape index (κ3) is 8.81. The van der Waals surface area contributed by atoms with Crippen LogP contribution in [0.25, 0.3) is 0 Å². The van der Waals surface area contributed by atoms with Crippen molar-refractivity contribution >= 4 is 27.5 Å². The molecular formula is C30H36FN3O5S. The topological polar surface area (TPSA) is 96.0 Å². The van der Waals surface area contributed by atoms with Crippen molar-refractivity contribution in [1.29, 1.82) is 0 Å². The van der Waals surface area contributed by atoms with Crippen molar-refractivity contribution < 1.29 is 27.1 Å². The predicted octanol–water partition coefficient (Wildman–Crippen LogP) is 4.16. The van der Waals surface area contributed by atoms with Crippen LogP contribution >= 0.6 is 0 Å². The van der Waals surface area contributed by atoms with Crippen LogP contribution in [-0.4, -0.2) is 57.6 Å². The molecule has 2 amide bonds. The first kappa shape index (κ1) is 30.6. The fraction of sp³-hybridized carbons (Fsp3) is 0.333. The second-order valence-corrected chi connectivity index (χ2v) is 11.2. The number of amides is 2. The minimum Gasteiger partial charge on any atom is -0.494 e. The quantitative estimate of drug-likeness (QED) is 0.315. The molecule has 0 aliphatic rings. The first-order valence-corrected chi connectivity index (χ1v) is 15.0. The average molecular weight is 570 g/mol. The summed E-state index contributed by atoms with van der Waals surface area (Å²) in [4.78, 5) is 28.1. The Morgan fingerprint density at radius 2 is 1.60 bits per heavy atom. The molecule has 0 aromatic heterocycles. The van der Waals surface area contributed by atoms with Gasteiger partial charge in [-0.05, 0) is 60.9 Å². The number of halogens is 1. The van der Waals surface area contributed by atoms with Gasteiger partial charge in [-0.3, -0.25) is 13.9 Å². The van der Waals surface area contributed by atoms with E-state index in [1.54, 1.807) is 36.4 Å². The molecule has 3 aromatic rings. The van der Waals surface area contributed by atoms with E-state index in [0.29, 0.717) is 23.6 Å². The molecular weight excluding hydrogens is 533 g/mol. The number of ether oxygens (including phenoxy) is 1. The van der Waals surface area contributed by atoms with Gasteiger partial charge in [0.05, 0.1) is 18.6 Å². The summed E-state index contributed by atoms with van der Waals surface area (Å²) in [5, 5.41) is 2.65. The molecule has 0 aliphatic heterocycles. The minimum absolute atomic E-state index is 0.00648. The summed E-state index contributed by atoms with van der Waals surface area (Å²) in [6.07, 6.45) is 1.64. The fourth-order valence-electron chi connectivity index (χ4n) is 4.39. The molecule has 0 radical (unpaired) electrons. The molecule has 214 valence electrons. The molecule has 10 heteroatoms. The molecule has 1 N–H and O–H groups in total. The van der Waals surface area contributed by atoms with Gasteiger partial charge in [0, 0.05) is 33.0 Å². The van der Waals surface area contributed by atoms with Crippen LogP contribution in [0.3, 0.4) is 0 Å². The maximum atomic E-state index is 13.6. The number of hydrogen-bond donors (Lipinski definition) is 1. The molecule has 8 nitrogen and oxygen atoms in total. The Labute approximate surface area is 235 Å². The Morgan fingerprint density at radius 1 is 0.950 bits per heavy atom. The van der Waals surface area contributed by atoms with E-state index >= 15 is 0 Å². The standard InChI is InChI=1S/C30H36FN3O5S/c1-4-39-27-18-16-26(17-19-27)34(40(3,37)38)20-8-11-29(35)33(22-24-12-14-25(31)15-13-24)28(30(36)32-2)21-23-9-6-5-7-10-23/h5-7,9-10,12-19,28H,4,8,11,20-22H2,1-3H3,(H,32,36). The van der Waals surface area contributed by atoms with Gasteiger partial charge in [-0.25, -0.2) is 12.8 Å². The van der Waals surface area contributed by atoms with E-state index in [2.05, 4.69) is 5.32 Å². The fourth-order valence-corrected chi connectivity index (χ4v) is 5.35. The van der Waals surface area contributed by atoms with Crippen LogP contribution in [0.1, 0.15) is 30.9 Å². The summed E-state index contributed by atoms with van der Waals surface area (Å²) in [6, 6.07) is 21.1. The molecule has 0 aliphatic carbocycles. The number of sulfonamides is 1. The van der Waals surface area contributed by atoms with Crippen LogP contribution < -0.4 is 14.4 Å². The van der Waals surface area contributed by atoms with Gasteiger partial charge in [-0.1, -0.05) is 42.5 Å². The summed E-state index contributed by atoms with van der Waals surface area (Å²) in [6.45, 7) is 2.53. The number of rotatable bonds is 14. The van der Waals surface area contributed by atoms with Crippen molar-refractivity contribution in [1.82, 2.24) is 10.2 Å². The zero-order valence-electron chi connectivity index (χ0n) is 23.0. The smallest absolute Gasteiger partial charge is 0.242 e. The third-order valence-corrected chi connectivity index (χ3v) is 7.57. The largest absolute Gasteiger partial charge is 0.494 e. The Kier molecular flexibility index (Phi) is 11.1. The summed E-state index contributed by atoms with van der Waals surface area (Å²) in [7, 11) is -2.10. The van der Waals surface area contributed by atoms with Gasteiger partial charge in [-0.15, -0.1) is 0 Å². The Hall–Kier alpha value is -3.92. The highest BCUT2D eigenvalue weighted by Gasteiger charge is 2.30. The van der Waals surface area contributed by atoms with Gasteiger partial charge in [0.25, 0.3) is 0 Å². The molecule has 0 heterocycles. The van der Waals surface area contributed by atoms with Gasteiger partial charge in [-0.2, -0.15) is 0 Å². The van der Waals surface area contributed by atoms with Gasteiger partial charge in [0.1, 0.15) is 17.6 Å². The highest BCUT2D eigenvalue weighted by molar-refractivity contribution is 7.92. The number of hydrogen-bond acceptors (Lipinski definition) is 5. The van der Waals surface area contributed by atoms with Crippen LogP contribution in [0.5, 0.6) is 5.75 Å². The molecule has 0 saturated carbocycles.